The number of carboxylic acid groups (broad SMARTS) is 1. The Hall–Kier alpha value is -1.81. The van der Waals surface area contributed by atoms with Gasteiger partial charge < -0.3 is 26.8 Å². The molecule has 0 aliphatic heterocycles. The lowest BCUT2D eigenvalue weighted by Gasteiger charge is -2.18. The number of hydrogen-bond acceptors (Lipinski definition) is 6. The summed E-state index contributed by atoms with van der Waals surface area (Å²) in [7, 11) is 0. The Labute approximate surface area is 121 Å². The maximum absolute atomic E-state index is 11.7. The van der Waals surface area contributed by atoms with E-state index >= 15 is 0 Å². The average molecular weight is 306 g/mol. The number of aliphatic carboxylic acids is 1. The number of hydrogen-bond donors (Lipinski definition) is 6. The summed E-state index contributed by atoms with van der Waals surface area (Å²) < 4.78 is 0. The van der Waals surface area contributed by atoms with Crippen molar-refractivity contribution in [3.05, 3.63) is 0 Å². The molecule has 10 heteroatoms. The highest BCUT2D eigenvalue weighted by atomic mass is 32.1. The molecule has 0 radical (unpaired) electrons. The van der Waals surface area contributed by atoms with Gasteiger partial charge in [0.1, 0.15) is 12.1 Å². The largest absolute Gasteiger partial charge is 0.480 e. The molecule has 0 rings (SSSR count). The summed E-state index contributed by atoms with van der Waals surface area (Å²) >= 11 is 3.90. The highest BCUT2D eigenvalue weighted by Crippen LogP contribution is 1.91. The second-order valence-electron chi connectivity index (χ2n) is 3.85. The normalized spacial score (nSPS) is 12.9. The number of nitrogens with one attached hydrogen (secondary N) is 3. The van der Waals surface area contributed by atoms with Crippen LogP contribution in [0.2, 0.25) is 0 Å². The van der Waals surface area contributed by atoms with Gasteiger partial charge in [0.2, 0.25) is 17.7 Å². The lowest BCUT2D eigenvalue weighted by atomic mass is 10.2. The number of thiol groups is 1. The fourth-order valence-electron chi connectivity index (χ4n) is 1.07. The van der Waals surface area contributed by atoms with Gasteiger partial charge in [-0.1, -0.05) is 0 Å². The van der Waals surface area contributed by atoms with Gasteiger partial charge in [0, 0.05) is 5.75 Å². The van der Waals surface area contributed by atoms with Crippen molar-refractivity contribution in [1.82, 2.24) is 16.0 Å². The molecule has 2 unspecified atom stereocenters. The molecule has 6 N–H and O–H groups in total. The Bertz CT molecular complexity index is 390. The van der Waals surface area contributed by atoms with Crippen LogP contribution < -0.4 is 21.7 Å². The fraction of sp³-hybridized carbons (Fsp3) is 0.600. The average Bonchev–Trinajstić information content (AvgIpc) is 2.41. The van der Waals surface area contributed by atoms with E-state index in [9.17, 15) is 19.2 Å². The molecule has 0 saturated heterocycles. The summed E-state index contributed by atoms with van der Waals surface area (Å²) in [6, 6.07) is -2.08. The minimum atomic E-state index is -1.20. The van der Waals surface area contributed by atoms with Gasteiger partial charge in [0.05, 0.1) is 13.1 Å². The number of carbonyl (C=O) groups excluding carboxylic acids is 3. The first kappa shape index (κ1) is 18.2. The first-order chi connectivity index (χ1) is 9.31. The van der Waals surface area contributed by atoms with Crippen LogP contribution in [0.5, 0.6) is 0 Å². The molecule has 0 fully saturated rings. The van der Waals surface area contributed by atoms with E-state index in [2.05, 4.69) is 28.6 Å². The van der Waals surface area contributed by atoms with Gasteiger partial charge in [-0.05, 0) is 6.92 Å². The third-order valence-corrected chi connectivity index (χ3v) is 2.56. The molecular weight excluding hydrogens is 288 g/mol. The van der Waals surface area contributed by atoms with Gasteiger partial charge in [0.15, 0.2) is 0 Å². The summed E-state index contributed by atoms with van der Waals surface area (Å²) in [4.78, 5) is 44.6. The van der Waals surface area contributed by atoms with Gasteiger partial charge in [-0.3, -0.25) is 19.2 Å². The molecule has 2 atom stereocenters. The van der Waals surface area contributed by atoms with Crippen LogP contribution in [-0.2, 0) is 19.2 Å². The lowest BCUT2D eigenvalue weighted by Crippen LogP contribution is -2.53. The summed E-state index contributed by atoms with van der Waals surface area (Å²) in [5.41, 5.74) is 5.04. The SMILES string of the molecule is CC(NC(=O)C(CS)NC(=O)CNC(=O)CN)C(=O)O. The van der Waals surface area contributed by atoms with Crippen LogP contribution in [0.15, 0.2) is 0 Å². The monoisotopic (exact) mass is 306 g/mol. The van der Waals surface area contributed by atoms with Crippen LogP contribution in [0, 0.1) is 0 Å². The van der Waals surface area contributed by atoms with E-state index in [0.717, 1.165) is 0 Å². The Balaban J connectivity index is 4.32. The van der Waals surface area contributed by atoms with E-state index in [-0.39, 0.29) is 18.8 Å². The Morgan fingerprint density at radius 2 is 1.80 bits per heavy atom. The fourth-order valence-corrected chi connectivity index (χ4v) is 1.32. The molecule has 0 heterocycles. The summed E-state index contributed by atoms with van der Waals surface area (Å²) in [6.07, 6.45) is 0. The molecule has 0 bridgehead atoms. The third kappa shape index (κ3) is 6.95. The number of rotatable bonds is 8. The third-order valence-electron chi connectivity index (χ3n) is 2.19. The summed E-state index contributed by atoms with van der Waals surface area (Å²) in [6.45, 7) is 0.709. The van der Waals surface area contributed by atoms with E-state index in [0.29, 0.717) is 0 Å². The van der Waals surface area contributed by atoms with Gasteiger partial charge >= 0.3 is 5.97 Å². The molecule has 0 aromatic carbocycles. The molecule has 20 heavy (non-hydrogen) atoms. The lowest BCUT2D eigenvalue weighted by molar-refractivity contribution is -0.141. The molecule has 3 amide bonds. The Kier molecular flexibility index (Phi) is 8.32. The highest BCUT2D eigenvalue weighted by Gasteiger charge is 2.22. The zero-order valence-electron chi connectivity index (χ0n) is 10.9. The minimum absolute atomic E-state index is 0.0191. The number of carboxylic acids is 1. The van der Waals surface area contributed by atoms with E-state index in [1.165, 1.54) is 6.92 Å². The molecule has 0 aromatic heterocycles. The van der Waals surface area contributed by atoms with Crippen molar-refractivity contribution < 1.29 is 24.3 Å². The van der Waals surface area contributed by atoms with Crippen LogP contribution in [0.3, 0.4) is 0 Å². The van der Waals surface area contributed by atoms with Gasteiger partial charge in [-0.15, -0.1) is 0 Å². The second-order valence-corrected chi connectivity index (χ2v) is 4.22. The Morgan fingerprint density at radius 1 is 1.20 bits per heavy atom. The zero-order chi connectivity index (χ0) is 15.7. The molecule has 0 aliphatic rings. The van der Waals surface area contributed by atoms with Crippen molar-refractivity contribution in [2.24, 2.45) is 5.73 Å². The zero-order valence-corrected chi connectivity index (χ0v) is 11.8. The summed E-state index contributed by atoms with van der Waals surface area (Å²) in [5.74, 6) is -3.00. The minimum Gasteiger partial charge on any atom is -0.480 e. The van der Waals surface area contributed by atoms with Crippen LogP contribution in [-0.4, -0.2) is 59.7 Å². The van der Waals surface area contributed by atoms with Crippen LogP contribution in [0.25, 0.3) is 0 Å². The number of nitrogens with two attached hydrogens (primary N) is 1. The van der Waals surface area contributed by atoms with Crippen molar-refractivity contribution in [2.75, 3.05) is 18.8 Å². The quantitative estimate of drug-likeness (QED) is 0.264. The van der Waals surface area contributed by atoms with Crippen molar-refractivity contribution in [3.8, 4) is 0 Å². The van der Waals surface area contributed by atoms with Crippen molar-refractivity contribution in [1.29, 1.82) is 0 Å². The number of carbonyl (C=O) groups is 4. The van der Waals surface area contributed by atoms with E-state index in [1.807, 2.05) is 0 Å². The van der Waals surface area contributed by atoms with Crippen LogP contribution in [0.4, 0.5) is 0 Å². The number of amides is 3. The van der Waals surface area contributed by atoms with E-state index < -0.39 is 35.8 Å². The molecule has 9 nitrogen and oxygen atoms in total. The summed E-state index contributed by atoms with van der Waals surface area (Å²) in [5, 5.41) is 15.4. The predicted octanol–water partition coefficient (Wildman–Crippen LogP) is -2.93. The molecule has 0 spiro atoms. The Morgan fingerprint density at radius 3 is 2.25 bits per heavy atom. The van der Waals surface area contributed by atoms with Crippen molar-refractivity contribution in [3.63, 3.8) is 0 Å². The van der Waals surface area contributed by atoms with Crippen LogP contribution in [0.1, 0.15) is 6.92 Å². The van der Waals surface area contributed by atoms with Gasteiger partial charge in [0.25, 0.3) is 0 Å². The standard InChI is InChI=1S/C10H18N4O5S/c1-5(10(18)19)13-9(17)6(4-20)14-8(16)3-12-7(15)2-11/h5-6,20H,2-4,11H2,1H3,(H,12,15)(H,13,17)(H,14,16)(H,18,19). The smallest absolute Gasteiger partial charge is 0.325 e. The van der Waals surface area contributed by atoms with E-state index in [1.54, 1.807) is 0 Å². The molecule has 0 saturated carbocycles. The molecule has 0 aliphatic carbocycles. The second kappa shape index (κ2) is 9.15. The van der Waals surface area contributed by atoms with Gasteiger partial charge in [-0.25, -0.2) is 0 Å². The predicted molar refractivity (Wildman–Crippen MR) is 73.1 cm³/mol. The first-order valence-electron chi connectivity index (χ1n) is 5.72. The molecular formula is C10H18N4O5S. The van der Waals surface area contributed by atoms with Crippen LogP contribution >= 0.6 is 12.6 Å². The van der Waals surface area contributed by atoms with Gasteiger partial charge in [-0.2, -0.15) is 12.6 Å². The maximum Gasteiger partial charge on any atom is 0.325 e. The highest BCUT2D eigenvalue weighted by molar-refractivity contribution is 7.80. The molecule has 114 valence electrons. The van der Waals surface area contributed by atoms with Crippen molar-refractivity contribution in [2.45, 2.75) is 19.0 Å². The topological polar surface area (TPSA) is 151 Å². The molecule has 0 aromatic rings. The van der Waals surface area contributed by atoms with Crippen molar-refractivity contribution >= 4 is 36.3 Å². The maximum atomic E-state index is 11.7. The first-order valence-corrected chi connectivity index (χ1v) is 6.35. The van der Waals surface area contributed by atoms with E-state index in [4.69, 9.17) is 10.8 Å².